The lowest BCUT2D eigenvalue weighted by molar-refractivity contribution is -0.134. The average molecular weight is 297 g/mol. The monoisotopic (exact) mass is 297 g/mol. The first-order chi connectivity index (χ1) is 9.87. The number of carbonyl (C=O) groups is 1. The number of halogens is 2. The van der Waals surface area contributed by atoms with E-state index in [0.29, 0.717) is 13.1 Å². The molecule has 116 valence electrons. The van der Waals surface area contributed by atoms with Crippen LogP contribution in [0, 0.1) is 0 Å². The molecule has 1 amide bonds. The summed E-state index contributed by atoms with van der Waals surface area (Å²) in [7, 11) is 0. The number of piperidine rings is 1. The van der Waals surface area contributed by atoms with Crippen LogP contribution >= 0.6 is 0 Å². The van der Waals surface area contributed by atoms with Crippen molar-refractivity contribution < 1.29 is 18.7 Å². The zero-order valence-corrected chi connectivity index (χ0v) is 12.2. The predicted octanol–water partition coefficient (Wildman–Crippen LogP) is 3.53. The molecule has 3 nitrogen and oxygen atoms in total. The van der Waals surface area contributed by atoms with Gasteiger partial charge in [0.2, 0.25) is 11.8 Å². The standard InChI is InChI=1S/C16H21F2NO2/c1-16(17,18)9-6-15(21)19-10-7-12(8-11-19)13-4-2-3-5-14(13)20/h2-5,12,20H,6-11H2,1H3. The van der Waals surface area contributed by atoms with Gasteiger partial charge in [-0.2, -0.15) is 0 Å². The lowest BCUT2D eigenvalue weighted by Crippen LogP contribution is -2.38. The molecule has 21 heavy (non-hydrogen) atoms. The van der Waals surface area contributed by atoms with Crippen molar-refractivity contribution in [2.45, 2.75) is 44.4 Å². The molecule has 0 spiro atoms. The van der Waals surface area contributed by atoms with Crippen molar-refractivity contribution in [2.24, 2.45) is 0 Å². The highest BCUT2D eigenvalue weighted by atomic mass is 19.3. The molecule has 1 aliphatic heterocycles. The molecule has 1 aromatic rings. The van der Waals surface area contributed by atoms with Crippen LogP contribution in [0.1, 0.15) is 44.1 Å². The number of phenolic OH excluding ortho intramolecular Hbond substituents is 1. The summed E-state index contributed by atoms with van der Waals surface area (Å²) in [5.74, 6) is -2.48. The van der Waals surface area contributed by atoms with E-state index in [2.05, 4.69) is 0 Å². The first-order valence-corrected chi connectivity index (χ1v) is 7.30. The topological polar surface area (TPSA) is 40.5 Å². The average Bonchev–Trinajstić information content (AvgIpc) is 2.45. The van der Waals surface area contributed by atoms with E-state index >= 15 is 0 Å². The van der Waals surface area contributed by atoms with Gasteiger partial charge in [-0.05, 0) is 37.3 Å². The Kier molecular flexibility index (Phi) is 4.80. The fraction of sp³-hybridized carbons (Fsp3) is 0.562. The molecule has 0 atom stereocenters. The van der Waals surface area contributed by atoms with Crippen LogP contribution in [-0.4, -0.2) is 34.9 Å². The summed E-state index contributed by atoms with van der Waals surface area (Å²) in [6, 6.07) is 7.23. The van der Waals surface area contributed by atoms with E-state index in [1.807, 2.05) is 12.1 Å². The highest BCUT2D eigenvalue weighted by Crippen LogP contribution is 2.33. The van der Waals surface area contributed by atoms with E-state index in [1.54, 1.807) is 17.0 Å². The summed E-state index contributed by atoms with van der Waals surface area (Å²) in [5.41, 5.74) is 0.907. The van der Waals surface area contributed by atoms with E-state index in [-0.39, 0.29) is 24.0 Å². The second kappa shape index (κ2) is 6.41. The van der Waals surface area contributed by atoms with E-state index in [4.69, 9.17) is 0 Å². The number of rotatable bonds is 4. The number of benzene rings is 1. The minimum absolute atomic E-state index is 0.106. The number of para-hydroxylation sites is 1. The lowest BCUT2D eigenvalue weighted by atomic mass is 9.88. The molecule has 1 saturated heterocycles. The van der Waals surface area contributed by atoms with Gasteiger partial charge in [-0.25, -0.2) is 8.78 Å². The summed E-state index contributed by atoms with van der Waals surface area (Å²) in [5, 5.41) is 9.85. The molecule has 1 aromatic carbocycles. The van der Waals surface area contributed by atoms with Crippen molar-refractivity contribution in [1.82, 2.24) is 4.90 Å². The normalized spacial score (nSPS) is 17.0. The molecule has 2 rings (SSSR count). The molecule has 1 N–H and O–H groups in total. The van der Waals surface area contributed by atoms with Gasteiger partial charge in [-0.1, -0.05) is 18.2 Å². The quantitative estimate of drug-likeness (QED) is 0.923. The third kappa shape index (κ3) is 4.41. The second-order valence-corrected chi connectivity index (χ2v) is 5.78. The Morgan fingerprint density at radius 1 is 1.33 bits per heavy atom. The SMILES string of the molecule is CC(F)(F)CCC(=O)N1CCC(c2ccccc2O)CC1. The van der Waals surface area contributed by atoms with E-state index in [1.165, 1.54) is 0 Å². The Morgan fingerprint density at radius 2 is 1.95 bits per heavy atom. The Hall–Kier alpha value is -1.65. The molecule has 0 bridgehead atoms. The number of carbonyl (C=O) groups excluding carboxylic acids is 1. The molecular weight excluding hydrogens is 276 g/mol. The van der Waals surface area contributed by atoms with Crippen LogP contribution in [0.2, 0.25) is 0 Å². The molecule has 0 saturated carbocycles. The number of amides is 1. The maximum Gasteiger partial charge on any atom is 0.245 e. The summed E-state index contributed by atoms with van der Waals surface area (Å²) in [6.07, 6.45) is 1.01. The van der Waals surface area contributed by atoms with Gasteiger partial charge >= 0.3 is 0 Å². The molecule has 0 aromatic heterocycles. The largest absolute Gasteiger partial charge is 0.508 e. The number of aromatic hydroxyl groups is 1. The molecule has 0 aliphatic carbocycles. The van der Waals surface area contributed by atoms with Crippen molar-refractivity contribution in [3.8, 4) is 5.75 Å². The Balaban J connectivity index is 1.86. The Labute approximate surface area is 123 Å². The van der Waals surface area contributed by atoms with Gasteiger partial charge in [0.25, 0.3) is 0 Å². The first-order valence-electron chi connectivity index (χ1n) is 7.30. The highest BCUT2D eigenvalue weighted by molar-refractivity contribution is 5.76. The van der Waals surface area contributed by atoms with Gasteiger partial charge in [0.1, 0.15) is 5.75 Å². The predicted molar refractivity (Wildman–Crippen MR) is 76.5 cm³/mol. The number of nitrogens with zero attached hydrogens (tertiary/aromatic N) is 1. The fourth-order valence-electron chi connectivity index (χ4n) is 2.76. The number of phenols is 1. The van der Waals surface area contributed by atoms with Crippen LogP contribution < -0.4 is 0 Å². The minimum atomic E-state index is -2.79. The third-order valence-corrected chi connectivity index (χ3v) is 4.00. The van der Waals surface area contributed by atoms with Crippen LogP contribution in [0.5, 0.6) is 5.75 Å². The van der Waals surface area contributed by atoms with Gasteiger partial charge < -0.3 is 10.0 Å². The molecule has 5 heteroatoms. The van der Waals surface area contributed by atoms with Crippen molar-refractivity contribution in [2.75, 3.05) is 13.1 Å². The zero-order valence-electron chi connectivity index (χ0n) is 12.2. The highest BCUT2D eigenvalue weighted by Gasteiger charge is 2.27. The van der Waals surface area contributed by atoms with Crippen molar-refractivity contribution in [3.05, 3.63) is 29.8 Å². The van der Waals surface area contributed by atoms with E-state index in [0.717, 1.165) is 25.3 Å². The minimum Gasteiger partial charge on any atom is -0.508 e. The summed E-state index contributed by atoms with van der Waals surface area (Å²) >= 11 is 0. The molecule has 1 fully saturated rings. The van der Waals surface area contributed by atoms with Gasteiger partial charge in [0, 0.05) is 25.9 Å². The fourth-order valence-corrected chi connectivity index (χ4v) is 2.76. The third-order valence-electron chi connectivity index (χ3n) is 4.00. The molecule has 1 aliphatic rings. The van der Waals surface area contributed by atoms with Crippen LogP contribution in [0.15, 0.2) is 24.3 Å². The zero-order chi connectivity index (χ0) is 15.5. The van der Waals surface area contributed by atoms with E-state index in [9.17, 15) is 18.7 Å². The maximum absolute atomic E-state index is 12.8. The van der Waals surface area contributed by atoms with Crippen LogP contribution in [0.25, 0.3) is 0 Å². The smallest absolute Gasteiger partial charge is 0.245 e. The Bertz CT molecular complexity index is 491. The van der Waals surface area contributed by atoms with Crippen molar-refractivity contribution in [3.63, 3.8) is 0 Å². The van der Waals surface area contributed by atoms with Crippen molar-refractivity contribution in [1.29, 1.82) is 0 Å². The summed E-state index contributed by atoms with van der Waals surface area (Å²) in [6.45, 7) is 1.96. The number of alkyl halides is 2. The number of hydrogen-bond donors (Lipinski definition) is 1. The van der Waals surface area contributed by atoms with Gasteiger partial charge in [0.15, 0.2) is 0 Å². The molecular formula is C16H21F2NO2. The Morgan fingerprint density at radius 3 is 2.52 bits per heavy atom. The van der Waals surface area contributed by atoms with Crippen LogP contribution in [0.3, 0.4) is 0 Å². The maximum atomic E-state index is 12.8. The van der Waals surface area contributed by atoms with Gasteiger partial charge in [0.05, 0.1) is 0 Å². The second-order valence-electron chi connectivity index (χ2n) is 5.78. The molecule has 1 heterocycles. The number of likely N-dealkylation sites (tertiary alicyclic amines) is 1. The first kappa shape index (κ1) is 15.7. The number of hydrogen-bond acceptors (Lipinski definition) is 2. The van der Waals surface area contributed by atoms with Crippen molar-refractivity contribution >= 4 is 5.91 Å². The van der Waals surface area contributed by atoms with Crippen LogP contribution in [0.4, 0.5) is 8.78 Å². The molecule has 0 unspecified atom stereocenters. The van der Waals surface area contributed by atoms with Gasteiger partial charge in [-0.15, -0.1) is 0 Å². The summed E-state index contributed by atoms with van der Waals surface area (Å²) < 4.78 is 25.6. The lowest BCUT2D eigenvalue weighted by Gasteiger charge is -2.32. The summed E-state index contributed by atoms with van der Waals surface area (Å²) in [4.78, 5) is 13.6. The van der Waals surface area contributed by atoms with E-state index < -0.39 is 12.3 Å². The van der Waals surface area contributed by atoms with Gasteiger partial charge in [-0.3, -0.25) is 4.79 Å². The van der Waals surface area contributed by atoms with Crippen LogP contribution in [-0.2, 0) is 4.79 Å². The molecule has 0 radical (unpaired) electrons.